The number of carbonyl (C=O) groups excluding carboxylic acids is 1. The van der Waals surface area contributed by atoms with Crippen LogP contribution in [0.15, 0.2) is 0 Å². The molecule has 2 aliphatic heterocycles. The summed E-state index contributed by atoms with van der Waals surface area (Å²) in [4.78, 5) is 18.8. The van der Waals surface area contributed by atoms with Gasteiger partial charge in [-0.25, -0.2) is 0 Å². The Bertz CT molecular complexity index is 788. The van der Waals surface area contributed by atoms with Crippen molar-refractivity contribution in [3.8, 4) is 6.07 Å². The summed E-state index contributed by atoms with van der Waals surface area (Å²) in [6, 6.07) is 2.34. The van der Waals surface area contributed by atoms with Crippen molar-refractivity contribution < 1.29 is 9.53 Å². The number of fused-ring (bicyclic) bond motifs is 1. The highest BCUT2D eigenvalue weighted by molar-refractivity contribution is 7.16. The standard InChI is InChI=1S/C24H36N4O2S/c1-18-2-3-20-21(17-25)24(31-22(20)16-18)26-23(29)7-11-27-8-4-19(5-9-27)6-10-28-12-14-30-15-13-28/h18-19H,2-16H2,1H3,(H,26,29). The van der Waals surface area contributed by atoms with Gasteiger partial charge in [-0.1, -0.05) is 6.92 Å². The van der Waals surface area contributed by atoms with Crippen LogP contribution in [0.5, 0.6) is 0 Å². The molecule has 0 aromatic carbocycles. The topological polar surface area (TPSA) is 68.6 Å². The van der Waals surface area contributed by atoms with Crippen LogP contribution in [0.2, 0.25) is 0 Å². The number of hydrogen-bond acceptors (Lipinski definition) is 6. The summed E-state index contributed by atoms with van der Waals surface area (Å²) in [7, 11) is 0. The molecule has 1 aliphatic carbocycles. The Morgan fingerprint density at radius 2 is 1.90 bits per heavy atom. The molecule has 3 aliphatic rings. The zero-order valence-corrected chi connectivity index (χ0v) is 19.6. The van der Waals surface area contributed by atoms with Gasteiger partial charge in [0.05, 0.1) is 18.8 Å². The molecular weight excluding hydrogens is 408 g/mol. The van der Waals surface area contributed by atoms with Crippen LogP contribution < -0.4 is 5.32 Å². The Labute approximate surface area is 190 Å². The molecule has 6 nitrogen and oxygen atoms in total. The number of anilines is 1. The molecule has 0 bridgehead atoms. The van der Waals surface area contributed by atoms with Gasteiger partial charge in [0.1, 0.15) is 11.1 Å². The zero-order valence-electron chi connectivity index (χ0n) is 18.8. The largest absolute Gasteiger partial charge is 0.379 e. The number of nitriles is 1. The predicted octanol–water partition coefficient (Wildman–Crippen LogP) is 3.51. The van der Waals surface area contributed by atoms with Crippen molar-refractivity contribution in [1.29, 1.82) is 5.26 Å². The molecule has 3 heterocycles. The Morgan fingerprint density at radius 3 is 2.65 bits per heavy atom. The molecule has 0 radical (unpaired) electrons. The molecule has 2 saturated heterocycles. The Hall–Kier alpha value is -1.46. The Morgan fingerprint density at radius 1 is 1.16 bits per heavy atom. The maximum Gasteiger partial charge on any atom is 0.226 e. The van der Waals surface area contributed by atoms with E-state index < -0.39 is 0 Å². The first-order chi connectivity index (χ1) is 15.1. The first-order valence-electron chi connectivity index (χ1n) is 12.0. The molecule has 170 valence electrons. The summed E-state index contributed by atoms with van der Waals surface area (Å²) >= 11 is 1.62. The van der Waals surface area contributed by atoms with Gasteiger partial charge in [-0.05, 0) is 75.6 Å². The molecule has 0 spiro atoms. The minimum atomic E-state index is 0.0394. The first-order valence-corrected chi connectivity index (χ1v) is 12.8. The number of nitrogens with zero attached hydrogens (tertiary/aromatic N) is 3. The molecule has 0 saturated carbocycles. The SMILES string of the molecule is CC1CCc2c(sc(NC(=O)CCN3CCC(CCN4CCOCC4)CC3)c2C#N)C1. The van der Waals surface area contributed by atoms with Crippen molar-refractivity contribution in [1.82, 2.24) is 9.80 Å². The summed E-state index contributed by atoms with van der Waals surface area (Å²) in [5, 5.41) is 13.4. The summed E-state index contributed by atoms with van der Waals surface area (Å²) in [6.45, 7) is 10.4. The smallest absolute Gasteiger partial charge is 0.226 e. The van der Waals surface area contributed by atoms with E-state index in [2.05, 4.69) is 28.1 Å². The van der Waals surface area contributed by atoms with Crippen LogP contribution in [-0.4, -0.2) is 68.2 Å². The van der Waals surface area contributed by atoms with Gasteiger partial charge in [-0.3, -0.25) is 9.69 Å². The fraction of sp³-hybridized carbons (Fsp3) is 0.750. The van der Waals surface area contributed by atoms with Crippen LogP contribution >= 0.6 is 11.3 Å². The van der Waals surface area contributed by atoms with Crippen LogP contribution in [0.4, 0.5) is 5.00 Å². The molecule has 4 rings (SSSR count). The highest BCUT2D eigenvalue weighted by atomic mass is 32.1. The quantitative estimate of drug-likeness (QED) is 0.697. The number of carbonyl (C=O) groups is 1. The van der Waals surface area contributed by atoms with Gasteiger partial charge in [0.25, 0.3) is 0 Å². The molecule has 1 N–H and O–H groups in total. The van der Waals surface area contributed by atoms with Crippen molar-refractivity contribution in [3.05, 3.63) is 16.0 Å². The van der Waals surface area contributed by atoms with E-state index in [9.17, 15) is 10.1 Å². The molecule has 7 heteroatoms. The maximum absolute atomic E-state index is 12.6. The molecule has 1 aromatic rings. The van der Waals surface area contributed by atoms with Gasteiger partial charge in [0, 0.05) is 30.9 Å². The van der Waals surface area contributed by atoms with Gasteiger partial charge in [0.15, 0.2) is 0 Å². The normalized spacial score (nSPS) is 23.3. The molecular formula is C24H36N4O2S. The summed E-state index contributed by atoms with van der Waals surface area (Å²) in [5.74, 6) is 1.52. The lowest BCUT2D eigenvalue weighted by Gasteiger charge is -2.33. The predicted molar refractivity (Wildman–Crippen MR) is 125 cm³/mol. The zero-order chi connectivity index (χ0) is 21.6. The molecule has 1 amide bonds. The van der Waals surface area contributed by atoms with Gasteiger partial charge in [-0.2, -0.15) is 5.26 Å². The minimum Gasteiger partial charge on any atom is -0.379 e. The fourth-order valence-corrected chi connectivity index (χ4v) is 6.47. The van der Waals surface area contributed by atoms with E-state index in [0.29, 0.717) is 17.9 Å². The monoisotopic (exact) mass is 444 g/mol. The van der Waals surface area contributed by atoms with Crippen LogP contribution in [0.25, 0.3) is 0 Å². The number of amides is 1. The average Bonchev–Trinajstić information content (AvgIpc) is 3.13. The second-order valence-electron chi connectivity index (χ2n) is 9.49. The van der Waals surface area contributed by atoms with Crippen LogP contribution in [-0.2, 0) is 22.4 Å². The lowest BCUT2D eigenvalue weighted by molar-refractivity contribution is -0.116. The number of nitrogens with one attached hydrogen (secondary N) is 1. The number of piperidine rings is 1. The number of ether oxygens (including phenoxy) is 1. The van der Waals surface area contributed by atoms with Crippen molar-refractivity contribution in [2.75, 3.05) is 57.8 Å². The third kappa shape index (κ3) is 6.07. The number of likely N-dealkylation sites (tertiary alicyclic amines) is 1. The third-order valence-electron chi connectivity index (χ3n) is 7.20. The summed E-state index contributed by atoms with van der Waals surface area (Å²) < 4.78 is 5.43. The lowest BCUT2D eigenvalue weighted by Crippen LogP contribution is -2.39. The first kappa shape index (κ1) is 22.7. The van der Waals surface area contributed by atoms with Crippen molar-refractivity contribution in [2.45, 2.75) is 51.9 Å². The Kier molecular flexibility index (Phi) is 8.00. The van der Waals surface area contributed by atoms with E-state index in [0.717, 1.165) is 76.1 Å². The van der Waals surface area contributed by atoms with E-state index in [1.165, 1.54) is 36.2 Å². The molecule has 1 atom stereocenters. The van der Waals surface area contributed by atoms with Gasteiger partial charge < -0.3 is 15.0 Å². The molecule has 2 fully saturated rings. The average molecular weight is 445 g/mol. The summed E-state index contributed by atoms with van der Waals surface area (Å²) in [6.07, 6.45) is 7.39. The Balaban J connectivity index is 1.18. The van der Waals surface area contributed by atoms with Crippen LogP contribution in [0.1, 0.15) is 55.0 Å². The van der Waals surface area contributed by atoms with E-state index in [1.54, 1.807) is 11.3 Å². The highest BCUT2D eigenvalue weighted by Crippen LogP contribution is 2.39. The second kappa shape index (κ2) is 10.9. The number of rotatable bonds is 7. The van der Waals surface area contributed by atoms with E-state index >= 15 is 0 Å². The van der Waals surface area contributed by atoms with Gasteiger partial charge in [0.2, 0.25) is 5.91 Å². The highest BCUT2D eigenvalue weighted by Gasteiger charge is 2.25. The van der Waals surface area contributed by atoms with Crippen molar-refractivity contribution in [2.24, 2.45) is 11.8 Å². The van der Waals surface area contributed by atoms with Crippen molar-refractivity contribution in [3.63, 3.8) is 0 Å². The summed E-state index contributed by atoms with van der Waals surface area (Å²) in [5.41, 5.74) is 1.89. The van der Waals surface area contributed by atoms with Crippen LogP contribution in [0, 0.1) is 23.2 Å². The molecule has 31 heavy (non-hydrogen) atoms. The third-order valence-corrected chi connectivity index (χ3v) is 8.37. The molecule has 1 aromatic heterocycles. The minimum absolute atomic E-state index is 0.0394. The van der Waals surface area contributed by atoms with Gasteiger partial charge in [-0.15, -0.1) is 11.3 Å². The second-order valence-corrected chi connectivity index (χ2v) is 10.6. The van der Waals surface area contributed by atoms with E-state index in [4.69, 9.17) is 4.74 Å². The van der Waals surface area contributed by atoms with E-state index in [1.807, 2.05) is 0 Å². The number of morpholine rings is 1. The number of hydrogen-bond donors (Lipinski definition) is 1. The van der Waals surface area contributed by atoms with Gasteiger partial charge >= 0.3 is 0 Å². The van der Waals surface area contributed by atoms with Crippen molar-refractivity contribution >= 4 is 22.2 Å². The lowest BCUT2D eigenvalue weighted by atomic mass is 9.88. The fourth-order valence-electron chi connectivity index (χ4n) is 5.09. The molecule has 1 unspecified atom stereocenters. The number of thiophene rings is 1. The van der Waals surface area contributed by atoms with E-state index in [-0.39, 0.29) is 5.91 Å². The maximum atomic E-state index is 12.6. The van der Waals surface area contributed by atoms with Crippen LogP contribution in [0.3, 0.4) is 0 Å².